The summed E-state index contributed by atoms with van der Waals surface area (Å²) in [4.78, 5) is 30.7. The van der Waals surface area contributed by atoms with Crippen molar-refractivity contribution in [2.45, 2.75) is 44.0 Å². The molecule has 216 valence electrons. The van der Waals surface area contributed by atoms with Crippen LogP contribution in [0.1, 0.15) is 43.7 Å². The van der Waals surface area contributed by atoms with Gasteiger partial charge < -0.3 is 19.1 Å². The summed E-state index contributed by atoms with van der Waals surface area (Å²) in [5.74, 6) is -0.0647. The molecule has 3 aliphatic heterocycles. The lowest BCUT2D eigenvalue weighted by atomic mass is 10.0. The van der Waals surface area contributed by atoms with Crippen LogP contribution in [0.4, 0.5) is 5.69 Å². The molecule has 2 aromatic carbocycles. The lowest BCUT2D eigenvalue weighted by Crippen LogP contribution is -2.40. The number of nitrogens with zero attached hydrogens (tertiary/aromatic N) is 4. The summed E-state index contributed by atoms with van der Waals surface area (Å²) < 4.78 is 35.6. The highest BCUT2D eigenvalue weighted by atomic mass is 32.2. The molecule has 1 aromatic heterocycles. The fraction of sp³-hybridized carbons (Fsp3) is 0.419. The molecule has 0 spiro atoms. The standard InChI is InChI=1S/C31H36N4O5S/c1-2-35-29-12-11-24(41(38,39)34-15-17-40-18-16-34)20-26(29)27(31(35)37)19-23-21-33(28-10-6-5-9-25(23)28)22-30(36)32-13-7-3-4-8-14-32/h5-6,9-12,19-21H,2-4,7-8,13-18,22H2,1H3/b27-19-. The second-order valence-corrected chi connectivity index (χ2v) is 12.8. The fourth-order valence-electron chi connectivity index (χ4n) is 6.13. The van der Waals surface area contributed by atoms with Crippen molar-refractivity contribution < 1.29 is 22.7 Å². The highest BCUT2D eigenvalue weighted by Gasteiger charge is 2.34. The van der Waals surface area contributed by atoms with E-state index >= 15 is 0 Å². The Labute approximate surface area is 241 Å². The third-order valence-electron chi connectivity index (χ3n) is 8.33. The Kier molecular flexibility index (Phi) is 7.72. The molecule has 2 fully saturated rings. The van der Waals surface area contributed by atoms with Gasteiger partial charge in [0.05, 0.1) is 23.8 Å². The van der Waals surface area contributed by atoms with Crippen LogP contribution in [0.25, 0.3) is 22.6 Å². The smallest absolute Gasteiger partial charge is 0.258 e. The van der Waals surface area contributed by atoms with Crippen molar-refractivity contribution in [3.05, 3.63) is 59.8 Å². The number of benzene rings is 2. The van der Waals surface area contributed by atoms with Crippen LogP contribution in [0, 0.1) is 0 Å². The van der Waals surface area contributed by atoms with Crippen LogP contribution in [0.15, 0.2) is 53.6 Å². The van der Waals surface area contributed by atoms with Gasteiger partial charge in [-0.15, -0.1) is 0 Å². The van der Waals surface area contributed by atoms with Crippen molar-refractivity contribution >= 4 is 50.1 Å². The number of likely N-dealkylation sites (N-methyl/N-ethyl adjacent to an activating group) is 1. The van der Waals surface area contributed by atoms with Gasteiger partial charge >= 0.3 is 0 Å². The molecule has 2 saturated heterocycles. The van der Waals surface area contributed by atoms with Crippen molar-refractivity contribution in [2.24, 2.45) is 0 Å². The number of aromatic nitrogens is 1. The third-order valence-corrected chi connectivity index (χ3v) is 10.2. The number of morpholine rings is 1. The minimum absolute atomic E-state index is 0.101. The number of carbonyl (C=O) groups is 2. The van der Waals surface area contributed by atoms with E-state index < -0.39 is 10.0 Å². The summed E-state index contributed by atoms with van der Waals surface area (Å²) >= 11 is 0. The summed E-state index contributed by atoms with van der Waals surface area (Å²) in [5.41, 5.74) is 3.48. The van der Waals surface area contributed by atoms with E-state index in [2.05, 4.69) is 0 Å². The largest absolute Gasteiger partial charge is 0.379 e. The maximum absolute atomic E-state index is 13.6. The lowest BCUT2D eigenvalue weighted by molar-refractivity contribution is -0.131. The van der Waals surface area contributed by atoms with Gasteiger partial charge in [0.1, 0.15) is 6.54 Å². The molecular weight excluding hydrogens is 540 g/mol. The van der Waals surface area contributed by atoms with Crippen LogP contribution >= 0.6 is 0 Å². The van der Waals surface area contributed by atoms with Gasteiger partial charge in [-0.1, -0.05) is 31.0 Å². The summed E-state index contributed by atoms with van der Waals surface area (Å²) in [7, 11) is -3.73. The topological polar surface area (TPSA) is 92.2 Å². The number of hydrogen-bond acceptors (Lipinski definition) is 5. The van der Waals surface area contributed by atoms with E-state index in [0.29, 0.717) is 49.7 Å². The maximum atomic E-state index is 13.6. The average molecular weight is 577 g/mol. The van der Waals surface area contributed by atoms with Gasteiger partial charge in [-0.3, -0.25) is 9.59 Å². The highest BCUT2D eigenvalue weighted by Crippen LogP contribution is 2.40. The number of rotatable bonds is 6. The fourth-order valence-corrected chi connectivity index (χ4v) is 7.56. The van der Waals surface area contributed by atoms with E-state index in [1.54, 1.807) is 23.1 Å². The van der Waals surface area contributed by atoms with Crippen molar-refractivity contribution in [2.75, 3.05) is 50.8 Å². The van der Waals surface area contributed by atoms with Crippen LogP contribution in [-0.2, 0) is 30.9 Å². The number of fused-ring (bicyclic) bond motifs is 2. The molecule has 0 radical (unpaired) electrons. The predicted molar refractivity (Wildman–Crippen MR) is 159 cm³/mol. The average Bonchev–Trinajstić information content (AvgIpc) is 3.29. The zero-order valence-electron chi connectivity index (χ0n) is 23.4. The van der Waals surface area contributed by atoms with E-state index in [-0.39, 0.29) is 23.3 Å². The van der Waals surface area contributed by atoms with Gasteiger partial charge in [0, 0.05) is 66.5 Å². The first kappa shape index (κ1) is 27.7. The van der Waals surface area contributed by atoms with E-state index in [0.717, 1.165) is 55.2 Å². The molecule has 9 nitrogen and oxygen atoms in total. The van der Waals surface area contributed by atoms with Gasteiger partial charge in [-0.25, -0.2) is 8.42 Å². The zero-order valence-corrected chi connectivity index (χ0v) is 24.2. The molecule has 3 aromatic rings. The van der Waals surface area contributed by atoms with Crippen LogP contribution < -0.4 is 4.90 Å². The van der Waals surface area contributed by atoms with E-state index in [1.807, 2.05) is 52.9 Å². The SMILES string of the molecule is CCN1C(=O)/C(=C\c2cn(CC(=O)N3CCCCCC3)c3ccccc23)c2cc(S(=O)(=O)N3CCOCC3)ccc21. The summed E-state index contributed by atoms with van der Waals surface area (Å²) in [6.45, 7) is 5.52. The first-order valence-electron chi connectivity index (χ1n) is 14.5. The number of likely N-dealkylation sites (tertiary alicyclic amines) is 1. The van der Waals surface area contributed by atoms with Crippen molar-refractivity contribution in [3.8, 4) is 0 Å². The lowest BCUT2D eigenvalue weighted by Gasteiger charge is -2.26. The molecule has 41 heavy (non-hydrogen) atoms. The Balaban J connectivity index is 1.39. The number of sulfonamides is 1. The van der Waals surface area contributed by atoms with E-state index in [9.17, 15) is 18.0 Å². The molecule has 3 aliphatic rings. The molecule has 2 amide bonds. The Bertz CT molecular complexity index is 1610. The van der Waals surface area contributed by atoms with Crippen LogP contribution in [0.5, 0.6) is 0 Å². The molecule has 0 unspecified atom stereocenters. The molecule has 0 bridgehead atoms. The first-order valence-corrected chi connectivity index (χ1v) is 15.9. The Morgan fingerprint density at radius 3 is 2.44 bits per heavy atom. The zero-order chi connectivity index (χ0) is 28.6. The Morgan fingerprint density at radius 1 is 0.976 bits per heavy atom. The molecule has 0 atom stereocenters. The predicted octanol–water partition coefficient (Wildman–Crippen LogP) is 3.97. The Hall–Kier alpha value is -3.47. The van der Waals surface area contributed by atoms with E-state index in [4.69, 9.17) is 4.74 Å². The summed E-state index contributed by atoms with van der Waals surface area (Å²) in [6, 6.07) is 12.8. The molecule has 0 N–H and O–H groups in total. The first-order chi connectivity index (χ1) is 19.9. The number of para-hydroxylation sites is 1. The summed E-state index contributed by atoms with van der Waals surface area (Å²) in [6.07, 6.45) is 8.17. The number of hydrogen-bond donors (Lipinski definition) is 0. The number of anilines is 1. The van der Waals surface area contributed by atoms with Gasteiger partial charge in [0.2, 0.25) is 15.9 Å². The highest BCUT2D eigenvalue weighted by molar-refractivity contribution is 7.89. The van der Waals surface area contributed by atoms with Gasteiger partial charge in [-0.05, 0) is 50.1 Å². The van der Waals surface area contributed by atoms with Crippen molar-refractivity contribution in [1.82, 2.24) is 13.8 Å². The molecular formula is C31H36N4O5S. The third kappa shape index (κ3) is 5.20. The quantitative estimate of drug-likeness (QED) is 0.414. The van der Waals surface area contributed by atoms with Gasteiger partial charge in [0.25, 0.3) is 5.91 Å². The van der Waals surface area contributed by atoms with Crippen molar-refractivity contribution in [3.63, 3.8) is 0 Å². The normalized spacial score (nSPS) is 19.6. The van der Waals surface area contributed by atoms with Crippen molar-refractivity contribution in [1.29, 1.82) is 0 Å². The minimum Gasteiger partial charge on any atom is -0.379 e. The van der Waals surface area contributed by atoms with Gasteiger partial charge in [0.15, 0.2) is 0 Å². The Morgan fingerprint density at radius 2 is 1.71 bits per heavy atom. The molecule has 6 rings (SSSR count). The van der Waals surface area contributed by atoms with Crippen LogP contribution in [0.2, 0.25) is 0 Å². The molecule has 10 heteroatoms. The van der Waals surface area contributed by atoms with Gasteiger partial charge in [-0.2, -0.15) is 4.31 Å². The number of ether oxygens (including phenoxy) is 1. The van der Waals surface area contributed by atoms with E-state index in [1.165, 1.54) is 4.31 Å². The maximum Gasteiger partial charge on any atom is 0.258 e. The molecule has 0 aliphatic carbocycles. The van der Waals surface area contributed by atoms with Crippen LogP contribution in [-0.4, -0.2) is 79.9 Å². The van der Waals surface area contributed by atoms with Crippen LogP contribution in [0.3, 0.4) is 0 Å². The second kappa shape index (κ2) is 11.4. The minimum atomic E-state index is -3.73. The molecule has 0 saturated carbocycles. The number of carbonyl (C=O) groups excluding carboxylic acids is 2. The summed E-state index contributed by atoms with van der Waals surface area (Å²) in [5, 5.41) is 0.935. The monoisotopic (exact) mass is 576 g/mol. The number of amides is 2. The second-order valence-electron chi connectivity index (χ2n) is 10.8. The molecule has 4 heterocycles.